The maximum absolute atomic E-state index is 5.35. The van der Waals surface area contributed by atoms with Crippen molar-refractivity contribution in [3.05, 3.63) is 0 Å². The predicted molar refractivity (Wildman–Crippen MR) is 70.1 cm³/mol. The van der Waals surface area contributed by atoms with Gasteiger partial charge in [-0.15, -0.1) is 0 Å². The summed E-state index contributed by atoms with van der Waals surface area (Å²) in [7, 11) is 5.71. The highest BCUT2D eigenvalue weighted by molar-refractivity contribution is 5.43. The van der Waals surface area contributed by atoms with Crippen molar-refractivity contribution < 1.29 is 0 Å². The first-order valence-electron chi connectivity index (χ1n) is 5.55. The molecule has 0 saturated carbocycles. The SMILES string of the molecule is CC(C)CN(C)c1nc(NN)nc(N(C)C)n1. The molecule has 1 aromatic rings. The van der Waals surface area contributed by atoms with E-state index in [4.69, 9.17) is 5.84 Å². The first kappa shape index (κ1) is 13.4. The Hall–Kier alpha value is -1.63. The molecule has 3 N–H and O–H groups in total. The number of hydrazine groups is 1. The van der Waals surface area contributed by atoms with Crippen LogP contribution in [0.4, 0.5) is 17.8 Å². The lowest BCUT2D eigenvalue weighted by Crippen LogP contribution is -2.27. The summed E-state index contributed by atoms with van der Waals surface area (Å²) in [5.41, 5.74) is 2.46. The molecule has 1 rings (SSSR count). The third kappa shape index (κ3) is 3.70. The summed E-state index contributed by atoms with van der Waals surface area (Å²) >= 11 is 0. The van der Waals surface area contributed by atoms with E-state index in [1.165, 1.54) is 0 Å². The van der Waals surface area contributed by atoms with Crippen molar-refractivity contribution in [2.24, 2.45) is 11.8 Å². The molecule has 0 aliphatic rings. The summed E-state index contributed by atoms with van der Waals surface area (Å²) in [5, 5.41) is 0. The van der Waals surface area contributed by atoms with Crippen molar-refractivity contribution in [3.63, 3.8) is 0 Å². The van der Waals surface area contributed by atoms with Crippen LogP contribution in [0, 0.1) is 5.92 Å². The molecule has 0 aliphatic carbocycles. The Labute approximate surface area is 102 Å². The molecule has 1 heterocycles. The monoisotopic (exact) mass is 239 g/mol. The van der Waals surface area contributed by atoms with E-state index >= 15 is 0 Å². The number of anilines is 3. The average Bonchev–Trinajstić information content (AvgIpc) is 2.27. The van der Waals surface area contributed by atoms with E-state index in [9.17, 15) is 0 Å². The molecule has 0 aliphatic heterocycles. The van der Waals surface area contributed by atoms with Crippen LogP contribution < -0.4 is 21.1 Å². The third-order valence-electron chi connectivity index (χ3n) is 2.12. The van der Waals surface area contributed by atoms with E-state index in [0.717, 1.165) is 6.54 Å². The third-order valence-corrected chi connectivity index (χ3v) is 2.12. The number of hydrogen-bond acceptors (Lipinski definition) is 7. The summed E-state index contributed by atoms with van der Waals surface area (Å²) < 4.78 is 0. The van der Waals surface area contributed by atoms with Crippen molar-refractivity contribution in [1.29, 1.82) is 0 Å². The fourth-order valence-corrected chi connectivity index (χ4v) is 1.42. The largest absolute Gasteiger partial charge is 0.347 e. The molecular formula is C10H21N7. The highest BCUT2D eigenvalue weighted by Gasteiger charge is 2.11. The number of nitrogens with two attached hydrogens (primary N) is 1. The highest BCUT2D eigenvalue weighted by atomic mass is 15.4. The minimum Gasteiger partial charge on any atom is -0.347 e. The normalized spacial score (nSPS) is 10.5. The van der Waals surface area contributed by atoms with Crippen LogP contribution in [0.2, 0.25) is 0 Å². The van der Waals surface area contributed by atoms with E-state index in [0.29, 0.717) is 23.8 Å². The van der Waals surface area contributed by atoms with Gasteiger partial charge in [-0.25, -0.2) is 5.84 Å². The second kappa shape index (κ2) is 5.62. The average molecular weight is 239 g/mol. The van der Waals surface area contributed by atoms with E-state index in [1.54, 1.807) is 0 Å². The Morgan fingerprint density at radius 2 is 1.71 bits per heavy atom. The molecule has 0 saturated heterocycles. The zero-order valence-corrected chi connectivity index (χ0v) is 11.1. The van der Waals surface area contributed by atoms with Gasteiger partial charge >= 0.3 is 0 Å². The molecule has 7 heteroatoms. The van der Waals surface area contributed by atoms with Crippen LogP contribution in [0.15, 0.2) is 0 Å². The Morgan fingerprint density at radius 3 is 2.18 bits per heavy atom. The van der Waals surface area contributed by atoms with Crippen molar-refractivity contribution >= 4 is 17.8 Å². The summed E-state index contributed by atoms with van der Waals surface area (Å²) in [6.45, 7) is 5.17. The molecule has 0 unspecified atom stereocenters. The van der Waals surface area contributed by atoms with Gasteiger partial charge in [-0.3, -0.25) is 5.43 Å². The Kier molecular flexibility index (Phi) is 4.45. The van der Waals surface area contributed by atoms with E-state index in [1.807, 2.05) is 30.9 Å². The Bertz CT molecular complexity index is 364. The molecule has 0 fully saturated rings. The summed E-state index contributed by atoms with van der Waals surface area (Å²) in [6, 6.07) is 0. The summed E-state index contributed by atoms with van der Waals surface area (Å²) in [5.74, 6) is 7.45. The van der Waals surface area contributed by atoms with Gasteiger partial charge in [0.05, 0.1) is 0 Å². The summed E-state index contributed by atoms with van der Waals surface area (Å²) in [4.78, 5) is 16.6. The standard InChI is InChI=1S/C10H21N7/c1-7(2)6-17(5)10-13-8(15-11)12-9(14-10)16(3)4/h7H,6,11H2,1-5H3,(H,12,13,14,15). The lowest BCUT2D eigenvalue weighted by molar-refractivity contribution is 0.629. The van der Waals surface area contributed by atoms with Gasteiger partial charge in [0.15, 0.2) is 0 Å². The van der Waals surface area contributed by atoms with Crippen LogP contribution in [0.1, 0.15) is 13.8 Å². The number of nitrogens with one attached hydrogen (secondary N) is 1. The number of hydrogen-bond donors (Lipinski definition) is 2. The lowest BCUT2D eigenvalue weighted by Gasteiger charge is -2.21. The topological polar surface area (TPSA) is 83.2 Å². The zero-order valence-electron chi connectivity index (χ0n) is 11.1. The van der Waals surface area contributed by atoms with Crippen molar-refractivity contribution in [2.75, 3.05) is 42.9 Å². The quantitative estimate of drug-likeness (QED) is 0.565. The Balaban J connectivity index is 3.01. The number of nitrogens with zero attached hydrogens (tertiary/aromatic N) is 5. The van der Waals surface area contributed by atoms with Crippen LogP contribution >= 0.6 is 0 Å². The molecule has 0 bridgehead atoms. The molecule has 0 amide bonds. The number of aromatic nitrogens is 3. The summed E-state index contributed by atoms with van der Waals surface area (Å²) in [6.07, 6.45) is 0. The molecular weight excluding hydrogens is 218 g/mol. The van der Waals surface area contributed by atoms with E-state index in [-0.39, 0.29) is 0 Å². The smallest absolute Gasteiger partial charge is 0.243 e. The first-order valence-corrected chi connectivity index (χ1v) is 5.55. The van der Waals surface area contributed by atoms with Gasteiger partial charge in [-0.2, -0.15) is 15.0 Å². The maximum atomic E-state index is 5.35. The van der Waals surface area contributed by atoms with Crippen LogP contribution in [0.5, 0.6) is 0 Å². The van der Waals surface area contributed by atoms with Gasteiger partial charge in [0.25, 0.3) is 0 Å². The second-order valence-electron chi connectivity index (χ2n) is 4.57. The number of nitrogen functional groups attached to an aromatic ring is 1. The van der Waals surface area contributed by atoms with Gasteiger partial charge < -0.3 is 9.80 Å². The molecule has 96 valence electrons. The van der Waals surface area contributed by atoms with Gasteiger partial charge in [0, 0.05) is 27.7 Å². The molecule has 0 atom stereocenters. The van der Waals surface area contributed by atoms with Gasteiger partial charge in [0.1, 0.15) is 0 Å². The lowest BCUT2D eigenvalue weighted by atomic mass is 10.2. The zero-order chi connectivity index (χ0) is 13.0. The maximum Gasteiger partial charge on any atom is 0.243 e. The molecule has 17 heavy (non-hydrogen) atoms. The minimum absolute atomic E-state index is 0.370. The minimum atomic E-state index is 0.370. The van der Waals surface area contributed by atoms with Crippen LogP contribution in [0.3, 0.4) is 0 Å². The van der Waals surface area contributed by atoms with E-state index in [2.05, 4.69) is 34.2 Å². The van der Waals surface area contributed by atoms with Gasteiger partial charge in [0.2, 0.25) is 17.8 Å². The first-order chi connectivity index (χ1) is 7.93. The van der Waals surface area contributed by atoms with Gasteiger partial charge in [-0.05, 0) is 5.92 Å². The highest BCUT2D eigenvalue weighted by Crippen LogP contribution is 2.14. The molecule has 0 radical (unpaired) electrons. The molecule has 7 nitrogen and oxygen atoms in total. The number of rotatable bonds is 5. The molecule has 0 aromatic carbocycles. The van der Waals surface area contributed by atoms with Crippen LogP contribution in [-0.4, -0.2) is 42.6 Å². The van der Waals surface area contributed by atoms with Crippen molar-refractivity contribution in [3.8, 4) is 0 Å². The fourth-order valence-electron chi connectivity index (χ4n) is 1.42. The van der Waals surface area contributed by atoms with Gasteiger partial charge in [-0.1, -0.05) is 13.8 Å². The second-order valence-corrected chi connectivity index (χ2v) is 4.57. The van der Waals surface area contributed by atoms with Crippen LogP contribution in [-0.2, 0) is 0 Å². The van der Waals surface area contributed by atoms with E-state index < -0.39 is 0 Å². The fraction of sp³-hybridized carbons (Fsp3) is 0.700. The Morgan fingerprint density at radius 1 is 1.12 bits per heavy atom. The molecule has 1 aromatic heterocycles. The van der Waals surface area contributed by atoms with Crippen molar-refractivity contribution in [1.82, 2.24) is 15.0 Å². The van der Waals surface area contributed by atoms with Crippen molar-refractivity contribution in [2.45, 2.75) is 13.8 Å². The predicted octanol–water partition coefficient (Wildman–Crippen LogP) is 0.315. The molecule has 0 spiro atoms. The van der Waals surface area contributed by atoms with Crippen LogP contribution in [0.25, 0.3) is 0 Å².